The van der Waals surface area contributed by atoms with Gasteiger partial charge in [-0.1, -0.05) is 13.8 Å². The van der Waals surface area contributed by atoms with Gasteiger partial charge in [-0.2, -0.15) is 0 Å². The molecule has 1 aromatic rings. The molecule has 0 aliphatic heterocycles. The van der Waals surface area contributed by atoms with Gasteiger partial charge in [-0.25, -0.2) is 4.98 Å². The highest BCUT2D eigenvalue weighted by molar-refractivity contribution is 5.43. The molecular weight excluding hydrogens is 204 g/mol. The van der Waals surface area contributed by atoms with Gasteiger partial charge in [0.1, 0.15) is 11.9 Å². The average molecular weight is 224 g/mol. The van der Waals surface area contributed by atoms with Crippen LogP contribution in [-0.2, 0) is 0 Å². The Bertz CT molecular complexity index is 362. The molecule has 1 rings (SSSR count). The number of pyridine rings is 1. The van der Waals surface area contributed by atoms with E-state index in [-0.39, 0.29) is 5.82 Å². The van der Waals surface area contributed by atoms with Crippen molar-refractivity contribution in [2.45, 2.75) is 45.3 Å². The van der Waals surface area contributed by atoms with Gasteiger partial charge < -0.3 is 15.9 Å². The van der Waals surface area contributed by atoms with Crippen molar-refractivity contribution in [3.05, 3.63) is 23.4 Å². The average Bonchev–Trinajstić information content (AvgIpc) is 2.30. The quantitative estimate of drug-likeness (QED) is 0.725. The van der Waals surface area contributed by atoms with Gasteiger partial charge >= 0.3 is 0 Å². The topological polar surface area (TPSA) is 79.4 Å². The van der Waals surface area contributed by atoms with Crippen LogP contribution in [0.2, 0.25) is 0 Å². The highest BCUT2D eigenvalue weighted by Gasteiger charge is 2.34. The smallest absolute Gasteiger partial charge is 0.129 e. The van der Waals surface area contributed by atoms with Gasteiger partial charge in [0.15, 0.2) is 0 Å². The molecule has 0 aromatic carbocycles. The van der Waals surface area contributed by atoms with Crippen LogP contribution in [0.4, 0.5) is 5.82 Å². The fourth-order valence-electron chi connectivity index (χ4n) is 1.75. The number of hydrogen-bond acceptors (Lipinski definition) is 4. The summed E-state index contributed by atoms with van der Waals surface area (Å²) in [4.78, 5) is 3.99. The van der Waals surface area contributed by atoms with E-state index in [2.05, 4.69) is 4.98 Å². The molecule has 0 saturated carbocycles. The fraction of sp³-hybridized carbons (Fsp3) is 0.583. The van der Waals surface area contributed by atoms with Gasteiger partial charge in [-0.3, -0.25) is 0 Å². The van der Waals surface area contributed by atoms with Crippen LogP contribution in [0.15, 0.2) is 12.3 Å². The predicted molar refractivity (Wildman–Crippen MR) is 63.9 cm³/mol. The first kappa shape index (κ1) is 12.9. The number of anilines is 1. The molecule has 0 fully saturated rings. The lowest BCUT2D eigenvalue weighted by Crippen LogP contribution is -2.35. The van der Waals surface area contributed by atoms with E-state index in [1.54, 1.807) is 12.3 Å². The second kappa shape index (κ2) is 4.80. The Labute approximate surface area is 96.1 Å². The zero-order valence-corrected chi connectivity index (χ0v) is 10.1. The number of hydrogen-bond donors (Lipinski definition) is 3. The largest absolute Gasteiger partial charge is 0.387 e. The third-order valence-corrected chi connectivity index (χ3v) is 3.11. The van der Waals surface area contributed by atoms with Crippen molar-refractivity contribution in [2.24, 2.45) is 0 Å². The second-order valence-electron chi connectivity index (χ2n) is 4.20. The first-order chi connectivity index (χ1) is 7.44. The SMILES string of the molecule is CCC(O)(CC)C(O)c1cc(C)cnc1N. The summed E-state index contributed by atoms with van der Waals surface area (Å²) in [5.74, 6) is 0.276. The van der Waals surface area contributed by atoms with Crippen LogP contribution in [0.3, 0.4) is 0 Å². The predicted octanol–water partition coefficient (Wildman–Crippen LogP) is 1.56. The Balaban J connectivity index is 3.12. The summed E-state index contributed by atoms with van der Waals surface area (Å²) in [5.41, 5.74) is 6.00. The molecular formula is C12H20N2O2. The Kier molecular flexibility index (Phi) is 3.88. The maximum atomic E-state index is 10.2. The fourth-order valence-corrected chi connectivity index (χ4v) is 1.75. The van der Waals surface area contributed by atoms with E-state index in [0.717, 1.165) is 5.56 Å². The normalized spacial score (nSPS) is 13.8. The summed E-state index contributed by atoms with van der Waals surface area (Å²) in [5, 5.41) is 20.4. The third-order valence-electron chi connectivity index (χ3n) is 3.11. The number of aryl methyl sites for hydroxylation is 1. The summed E-state index contributed by atoms with van der Waals surface area (Å²) in [7, 11) is 0. The van der Waals surface area contributed by atoms with Gasteiger partial charge in [0.25, 0.3) is 0 Å². The highest BCUT2D eigenvalue weighted by atomic mass is 16.3. The van der Waals surface area contributed by atoms with E-state index in [9.17, 15) is 10.2 Å². The van der Waals surface area contributed by atoms with Crippen molar-refractivity contribution in [2.75, 3.05) is 5.73 Å². The van der Waals surface area contributed by atoms with E-state index in [0.29, 0.717) is 18.4 Å². The Morgan fingerprint density at radius 2 is 2.00 bits per heavy atom. The maximum Gasteiger partial charge on any atom is 0.129 e. The van der Waals surface area contributed by atoms with Gasteiger partial charge in [-0.15, -0.1) is 0 Å². The summed E-state index contributed by atoms with van der Waals surface area (Å²) >= 11 is 0. The molecule has 0 radical (unpaired) electrons. The molecule has 1 heterocycles. The van der Waals surface area contributed by atoms with Crippen molar-refractivity contribution < 1.29 is 10.2 Å². The van der Waals surface area contributed by atoms with Crippen molar-refractivity contribution in [3.63, 3.8) is 0 Å². The number of nitrogens with zero attached hydrogens (tertiary/aromatic N) is 1. The molecule has 0 aliphatic carbocycles. The van der Waals surface area contributed by atoms with Crippen LogP contribution < -0.4 is 5.73 Å². The Hall–Kier alpha value is -1.13. The number of rotatable bonds is 4. The van der Waals surface area contributed by atoms with Crippen molar-refractivity contribution >= 4 is 5.82 Å². The Morgan fingerprint density at radius 3 is 2.50 bits per heavy atom. The first-order valence-corrected chi connectivity index (χ1v) is 5.57. The van der Waals surface area contributed by atoms with Crippen molar-refractivity contribution in [1.82, 2.24) is 4.98 Å². The minimum Gasteiger partial charge on any atom is -0.387 e. The monoisotopic (exact) mass is 224 g/mol. The Morgan fingerprint density at radius 1 is 1.44 bits per heavy atom. The summed E-state index contributed by atoms with van der Waals surface area (Å²) in [6.45, 7) is 5.55. The molecule has 0 aliphatic rings. The number of aromatic nitrogens is 1. The van der Waals surface area contributed by atoms with Crippen molar-refractivity contribution in [1.29, 1.82) is 0 Å². The number of aliphatic hydroxyl groups is 2. The van der Waals surface area contributed by atoms with Gasteiger partial charge in [0, 0.05) is 11.8 Å². The zero-order chi connectivity index (χ0) is 12.3. The van der Waals surface area contributed by atoms with E-state index >= 15 is 0 Å². The summed E-state index contributed by atoms with van der Waals surface area (Å²) < 4.78 is 0. The lowest BCUT2D eigenvalue weighted by atomic mass is 9.86. The van der Waals surface area contributed by atoms with E-state index in [1.807, 2.05) is 20.8 Å². The molecule has 1 aromatic heterocycles. The van der Waals surface area contributed by atoms with Crippen LogP contribution in [0.25, 0.3) is 0 Å². The van der Waals surface area contributed by atoms with Crippen LogP contribution >= 0.6 is 0 Å². The molecule has 4 N–H and O–H groups in total. The van der Waals surface area contributed by atoms with Gasteiger partial charge in [0.2, 0.25) is 0 Å². The van der Waals surface area contributed by atoms with Crippen LogP contribution in [0, 0.1) is 6.92 Å². The standard InChI is InChI=1S/C12H20N2O2/c1-4-12(16,5-2)10(15)9-6-8(3)7-14-11(9)13/h6-7,10,15-16H,4-5H2,1-3H3,(H2,13,14). The molecule has 0 amide bonds. The first-order valence-electron chi connectivity index (χ1n) is 5.57. The summed E-state index contributed by atoms with van der Waals surface area (Å²) in [6, 6.07) is 1.77. The number of aliphatic hydroxyl groups excluding tert-OH is 1. The van der Waals surface area contributed by atoms with Crippen LogP contribution in [0.5, 0.6) is 0 Å². The van der Waals surface area contributed by atoms with Crippen LogP contribution in [0.1, 0.15) is 43.9 Å². The molecule has 0 saturated heterocycles. The van der Waals surface area contributed by atoms with Gasteiger partial charge in [-0.05, 0) is 31.4 Å². The van der Waals surface area contributed by atoms with E-state index < -0.39 is 11.7 Å². The van der Waals surface area contributed by atoms with Crippen molar-refractivity contribution in [3.8, 4) is 0 Å². The van der Waals surface area contributed by atoms with Crippen LogP contribution in [-0.4, -0.2) is 20.8 Å². The third kappa shape index (κ3) is 2.33. The number of nitrogens with two attached hydrogens (primary N) is 1. The molecule has 4 nitrogen and oxygen atoms in total. The lowest BCUT2D eigenvalue weighted by Gasteiger charge is -2.31. The molecule has 0 spiro atoms. The minimum atomic E-state index is -1.14. The molecule has 16 heavy (non-hydrogen) atoms. The zero-order valence-electron chi connectivity index (χ0n) is 10.1. The highest BCUT2D eigenvalue weighted by Crippen LogP contribution is 2.33. The summed E-state index contributed by atoms with van der Waals surface area (Å²) in [6.07, 6.45) is 1.59. The molecule has 0 bridgehead atoms. The van der Waals surface area contributed by atoms with Gasteiger partial charge in [0.05, 0.1) is 5.60 Å². The molecule has 4 heteroatoms. The van der Waals surface area contributed by atoms with E-state index in [1.165, 1.54) is 0 Å². The minimum absolute atomic E-state index is 0.276. The molecule has 90 valence electrons. The molecule has 1 unspecified atom stereocenters. The second-order valence-corrected chi connectivity index (χ2v) is 4.20. The number of nitrogen functional groups attached to an aromatic ring is 1. The van der Waals surface area contributed by atoms with E-state index in [4.69, 9.17) is 5.73 Å². The lowest BCUT2D eigenvalue weighted by molar-refractivity contribution is -0.0818. The maximum absolute atomic E-state index is 10.2. The molecule has 1 atom stereocenters.